The molecule has 1 aromatic heterocycles. The van der Waals surface area contributed by atoms with E-state index in [0.29, 0.717) is 23.5 Å². The fourth-order valence-corrected chi connectivity index (χ4v) is 3.57. The molecule has 4 rings (SSSR count). The molecule has 4 aromatic rings. The normalized spacial score (nSPS) is 11.2. The number of hydrazone groups is 1. The van der Waals surface area contributed by atoms with E-state index in [1.807, 2.05) is 42.5 Å². The molecule has 0 radical (unpaired) electrons. The average Bonchev–Trinajstić information content (AvgIpc) is 3.24. The van der Waals surface area contributed by atoms with Crippen LogP contribution in [0.25, 0.3) is 21.7 Å². The molecule has 31 heavy (non-hydrogen) atoms. The van der Waals surface area contributed by atoms with Crippen LogP contribution in [0.4, 0.5) is 0 Å². The van der Waals surface area contributed by atoms with Gasteiger partial charge in [0.05, 0.1) is 20.4 Å². The number of nitrogens with zero attached hydrogens (tertiary/aromatic N) is 1. The second-order valence-corrected chi connectivity index (χ2v) is 6.92. The lowest BCUT2D eigenvalue weighted by Gasteiger charge is -2.12. The summed E-state index contributed by atoms with van der Waals surface area (Å²) in [6.45, 7) is 3.77. The topological polar surface area (TPSA) is 73.1 Å². The number of hydrogen-bond donors (Lipinski definition) is 1. The van der Waals surface area contributed by atoms with E-state index in [0.717, 1.165) is 27.3 Å². The van der Waals surface area contributed by atoms with Crippen LogP contribution in [0.5, 0.6) is 11.5 Å². The number of ether oxygens (including phenoxy) is 2. The van der Waals surface area contributed by atoms with Gasteiger partial charge < -0.3 is 13.9 Å². The molecule has 156 valence electrons. The van der Waals surface area contributed by atoms with Crippen LogP contribution in [0.15, 0.2) is 76.8 Å². The molecule has 6 nitrogen and oxygen atoms in total. The summed E-state index contributed by atoms with van der Waals surface area (Å²) < 4.78 is 16.6. The Morgan fingerprint density at radius 3 is 2.71 bits per heavy atom. The van der Waals surface area contributed by atoms with Crippen molar-refractivity contribution >= 4 is 33.9 Å². The first-order chi connectivity index (χ1) is 15.1. The van der Waals surface area contributed by atoms with Gasteiger partial charge in [-0.05, 0) is 47.0 Å². The summed E-state index contributed by atoms with van der Waals surface area (Å²) >= 11 is 0. The second-order valence-electron chi connectivity index (χ2n) is 6.92. The van der Waals surface area contributed by atoms with Gasteiger partial charge in [0, 0.05) is 10.9 Å². The highest BCUT2D eigenvalue weighted by molar-refractivity contribution is 6.08. The average molecular weight is 414 g/mol. The van der Waals surface area contributed by atoms with Crippen molar-refractivity contribution in [1.82, 2.24) is 5.43 Å². The van der Waals surface area contributed by atoms with Crippen molar-refractivity contribution in [3.05, 3.63) is 84.1 Å². The molecule has 0 saturated heterocycles. The Hall–Kier alpha value is -4.06. The number of fused-ring (bicyclic) bond motifs is 3. The molecule has 3 aromatic carbocycles. The number of benzene rings is 3. The Kier molecular flexibility index (Phi) is 5.71. The highest BCUT2D eigenvalue weighted by Gasteiger charge is 2.14. The number of rotatable bonds is 7. The van der Waals surface area contributed by atoms with E-state index in [-0.39, 0.29) is 5.76 Å². The van der Waals surface area contributed by atoms with Gasteiger partial charge in [0.1, 0.15) is 5.58 Å². The summed E-state index contributed by atoms with van der Waals surface area (Å²) in [6, 6.07) is 17.2. The molecule has 0 aliphatic carbocycles. The van der Waals surface area contributed by atoms with Crippen LogP contribution in [0.2, 0.25) is 0 Å². The molecular weight excluding hydrogens is 392 g/mol. The SMILES string of the molecule is C=CCc1cc(/C=N\NC(=O)c2cc3c(ccc4ccccc43)o2)cc(OC)c1OC. The van der Waals surface area contributed by atoms with Crippen LogP contribution in [-0.4, -0.2) is 26.3 Å². The van der Waals surface area contributed by atoms with Gasteiger partial charge in [-0.25, -0.2) is 5.43 Å². The first-order valence-corrected chi connectivity index (χ1v) is 9.75. The van der Waals surface area contributed by atoms with Crippen molar-refractivity contribution in [3.8, 4) is 11.5 Å². The Morgan fingerprint density at radius 2 is 1.94 bits per heavy atom. The van der Waals surface area contributed by atoms with Gasteiger partial charge in [-0.1, -0.05) is 36.4 Å². The predicted molar refractivity (Wildman–Crippen MR) is 122 cm³/mol. The van der Waals surface area contributed by atoms with E-state index in [1.54, 1.807) is 38.6 Å². The van der Waals surface area contributed by atoms with Crippen molar-refractivity contribution in [3.63, 3.8) is 0 Å². The molecule has 0 aliphatic rings. The second kappa shape index (κ2) is 8.75. The van der Waals surface area contributed by atoms with Crippen molar-refractivity contribution < 1.29 is 18.7 Å². The number of allylic oxidation sites excluding steroid dienone is 1. The third kappa shape index (κ3) is 4.00. The van der Waals surface area contributed by atoms with E-state index >= 15 is 0 Å². The molecule has 0 spiro atoms. The van der Waals surface area contributed by atoms with Crippen LogP contribution < -0.4 is 14.9 Å². The van der Waals surface area contributed by atoms with E-state index < -0.39 is 5.91 Å². The minimum absolute atomic E-state index is 0.197. The molecule has 1 amide bonds. The summed E-state index contributed by atoms with van der Waals surface area (Å²) in [5.41, 5.74) is 4.84. The summed E-state index contributed by atoms with van der Waals surface area (Å²) in [4.78, 5) is 12.6. The number of furan rings is 1. The fourth-order valence-electron chi connectivity index (χ4n) is 3.57. The van der Waals surface area contributed by atoms with Crippen LogP contribution >= 0.6 is 0 Å². The van der Waals surface area contributed by atoms with Crippen molar-refractivity contribution in [2.75, 3.05) is 14.2 Å². The van der Waals surface area contributed by atoms with Gasteiger partial charge in [-0.2, -0.15) is 5.10 Å². The first-order valence-electron chi connectivity index (χ1n) is 9.75. The van der Waals surface area contributed by atoms with E-state index in [1.165, 1.54) is 0 Å². The smallest absolute Gasteiger partial charge is 0.307 e. The van der Waals surface area contributed by atoms with Crippen LogP contribution in [0.3, 0.4) is 0 Å². The van der Waals surface area contributed by atoms with Gasteiger partial charge >= 0.3 is 5.91 Å². The third-order valence-corrected chi connectivity index (χ3v) is 4.97. The van der Waals surface area contributed by atoms with E-state index in [9.17, 15) is 4.79 Å². The molecule has 0 fully saturated rings. The summed E-state index contributed by atoms with van der Waals surface area (Å²) in [6.07, 6.45) is 3.94. The van der Waals surface area contributed by atoms with Gasteiger partial charge in [0.2, 0.25) is 0 Å². The Morgan fingerprint density at radius 1 is 1.10 bits per heavy atom. The summed E-state index contributed by atoms with van der Waals surface area (Å²) in [5, 5.41) is 7.09. The highest BCUT2D eigenvalue weighted by Crippen LogP contribution is 2.33. The number of methoxy groups -OCH3 is 2. The molecule has 0 atom stereocenters. The monoisotopic (exact) mass is 414 g/mol. The Balaban J connectivity index is 1.56. The van der Waals surface area contributed by atoms with Gasteiger partial charge in [-0.15, -0.1) is 6.58 Å². The van der Waals surface area contributed by atoms with Crippen LogP contribution in [0, 0.1) is 0 Å². The van der Waals surface area contributed by atoms with E-state index in [4.69, 9.17) is 13.9 Å². The molecule has 1 N–H and O–H groups in total. The third-order valence-electron chi connectivity index (χ3n) is 4.97. The first kappa shape index (κ1) is 20.2. The molecule has 1 heterocycles. The highest BCUT2D eigenvalue weighted by atomic mass is 16.5. The molecule has 0 saturated carbocycles. The molecular formula is C25H22N2O4. The number of carbonyl (C=O) groups is 1. The van der Waals surface area contributed by atoms with Crippen molar-refractivity contribution in [2.45, 2.75) is 6.42 Å². The zero-order valence-corrected chi connectivity index (χ0v) is 17.3. The molecule has 0 unspecified atom stereocenters. The predicted octanol–water partition coefficient (Wildman–Crippen LogP) is 5.10. The molecule has 0 aliphatic heterocycles. The lowest BCUT2D eigenvalue weighted by Crippen LogP contribution is -2.16. The van der Waals surface area contributed by atoms with Gasteiger partial charge in [0.15, 0.2) is 17.3 Å². The van der Waals surface area contributed by atoms with Gasteiger partial charge in [0.25, 0.3) is 0 Å². The maximum absolute atomic E-state index is 12.6. The molecule has 0 bridgehead atoms. The lowest BCUT2D eigenvalue weighted by atomic mass is 10.1. The minimum atomic E-state index is -0.427. The zero-order valence-electron chi connectivity index (χ0n) is 17.3. The maximum Gasteiger partial charge on any atom is 0.307 e. The van der Waals surface area contributed by atoms with Gasteiger partial charge in [-0.3, -0.25) is 4.79 Å². The number of nitrogens with one attached hydrogen (secondary N) is 1. The Bertz CT molecular complexity index is 1300. The summed E-state index contributed by atoms with van der Waals surface area (Å²) in [7, 11) is 3.17. The summed E-state index contributed by atoms with van der Waals surface area (Å²) in [5.74, 6) is 1.00. The maximum atomic E-state index is 12.6. The van der Waals surface area contributed by atoms with Crippen molar-refractivity contribution in [1.29, 1.82) is 0 Å². The van der Waals surface area contributed by atoms with Crippen LogP contribution in [0.1, 0.15) is 21.7 Å². The quantitative estimate of drug-likeness (QED) is 0.260. The van der Waals surface area contributed by atoms with Crippen LogP contribution in [-0.2, 0) is 6.42 Å². The standard InChI is InChI=1S/C25H22N2O4/c1-4-7-18-12-16(13-22(29-2)24(18)30-3)15-26-27-25(28)23-14-20-19-9-6-5-8-17(19)10-11-21(20)31-23/h4-6,8-15H,1,7H2,2-3H3,(H,27,28)/b26-15-. The zero-order chi connectivity index (χ0) is 21.8. The number of amides is 1. The molecule has 6 heteroatoms. The lowest BCUT2D eigenvalue weighted by molar-refractivity contribution is 0.0929. The minimum Gasteiger partial charge on any atom is -0.493 e. The fraction of sp³-hybridized carbons (Fsp3) is 0.120. The number of carbonyl (C=O) groups excluding carboxylic acids is 1. The Labute approximate surface area is 179 Å². The van der Waals surface area contributed by atoms with E-state index in [2.05, 4.69) is 17.1 Å². The largest absolute Gasteiger partial charge is 0.493 e. The number of hydrogen-bond acceptors (Lipinski definition) is 5. The van der Waals surface area contributed by atoms with Crippen molar-refractivity contribution in [2.24, 2.45) is 5.10 Å².